The van der Waals surface area contributed by atoms with Crippen LogP contribution in [-0.4, -0.2) is 38.2 Å². The van der Waals surface area contributed by atoms with Gasteiger partial charge < -0.3 is 21.6 Å². The number of nitrogens with zero attached hydrogens (tertiary/aromatic N) is 1. The van der Waals surface area contributed by atoms with Crippen molar-refractivity contribution in [1.82, 2.24) is 0 Å². The van der Waals surface area contributed by atoms with E-state index in [9.17, 15) is 4.79 Å². The second-order valence-corrected chi connectivity index (χ2v) is 8.09. The van der Waals surface area contributed by atoms with E-state index in [0.717, 1.165) is 17.3 Å². The van der Waals surface area contributed by atoms with Gasteiger partial charge in [-0.3, -0.25) is 0 Å². The van der Waals surface area contributed by atoms with Crippen molar-refractivity contribution >= 4 is 12.0 Å². The molecule has 0 saturated heterocycles. The van der Waals surface area contributed by atoms with E-state index in [-0.39, 0.29) is 18.4 Å². The van der Waals surface area contributed by atoms with Gasteiger partial charge in [-0.25, -0.2) is 4.79 Å². The number of likely N-dealkylation sites (N-methyl/N-ethyl adjacent to an activating group) is 1. The molecule has 0 aliphatic heterocycles. The van der Waals surface area contributed by atoms with E-state index in [2.05, 4.69) is 72.1 Å². The second kappa shape index (κ2) is 18.0. The number of unbranched alkanes of at least 4 members (excludes halogenated alkanes) is 1. The van der Waals surface area contributed by atoms with Gasteiger partial charge in [0.15, 0.2) is 0 Å². The third kappa shape index (κ3) is 14.4. The van der Waals surface area contributed by atoms with E-state index < -0.39 is 0 Å². The van der Waals surface area contributed by atoms with Gasteiger partial charge in [0, 0.05) is 11.1 Å². The van der Waals surface area contributed by atoms with Gasteiger partial charge in [-0.1, -0.05) is 99.8 Å². The van der Waals surface area contributed by atoms with Crippen LogP contribution in [0.4, 0.5) is 0 Å². The number of esters is 1. The molecule has 1 atom stereocenters. The summed E-state index contributed by atoms with van der Waals surface area (Å²) in [6, 6.07) is 20.9. The van der Waals surface area contributed by atoms with Crippen LogP contribution in [0.15, 0.2) is 92.0 Å². The Bertz CT molecular complexity index is 780. The number of hydrogen-bond acceptors (Lipinski definition) is 2. The highest BCUT2D eigenvalue weighted by Crippen LogP contribution is 2.23. The van der Waals surface area contributed by atoms with Crippen molar-refractivity contribution in [3.63, 3.8) is 0 Å². The molecule has 2 aromatic carbocycles. The molecule has 3 nitrogen and oxygen atoms in total. The van der Waals surface area contributed by atoms with Crippen LogP contribution in [0.1, 0.15) is 43.9 Å². The van der Waals surface area contributed by atoms with Crippen molar-refractivity contribution < 1.29 is 26.4 Å². The number of carbonyl (C=O) groups is 1. The fourth-order valence-corrected chi connectivity index (χ4v) is 2.57. The van der Waals surface area contributed by atoms with Gasteiger partial charge in [0.25, 0.3) is 0 Å². The van der Waals surface area contributed by atoms with Crippen LogP contribution < -0.4 is 12.4 Å². The minimum atomic E-state index is -0.284. The molecule has 0 bridgehead atoms. The molecule has 1 unspecified atom stereocenters. The van der Waals surface area contributed by atoms with Crippen LogP contribution in [0.25, 0.3) is 6.08 Å². The highest BCUT2D eigenvalue weighted by atomic mass is 35.5. The lowest BCUT2D eigenvalue weighted by atomic mass is 10.1. The monoisotopic (exact) mass is 457 g/mol. The van der Waals surface area contributed by atoms with Crippen LogP contribution in [0.2, 0.25) is 0 Å². The largest absolute Gasteiger partial charge is 1.00 e. The Morgan fingerprint density at radius 1 is 1.00 bits per heavy atom. The van der Waals surface area contributed by atoms with Gasteiger partial charge in [0.2, 0.25) is 0 Å². The number of ether oxygens (including phenoxy) is 1. The fraction of sp³-hybridized carbons (Fsp3) is 0.321. The molecule has 0 saturated carbocycles. The molecule has 0 fully saturated rings. The van der Waals surface area contributed by atoms with Gasteiger partial charge in [-0.05, 0) is 25.0 Å². The molecule has 176 valence electrons. The predicted octanol–water partition coefficient (Wildman–Crippen LogP) is 3.86. The van der Waals surface area contributed by atoms with E-state index in [0.29, 0.717) is 18.2 Å². The van der Waals surface area contributed by atoms with Gasteiger partial charge >= 0.3 is 5.97 Å². The Morgan fingerprint density at radius 2 is 1.50 bits per heavy atom. The van der Waals surface area contributed by atoms with Gasteiger partial charge in [-0.15, -0.1) is 0 Å². The summed E-state index contributed by atoms with van der Waals surface area (Å²) < 4.78 is 5.69. The van der Waals surface area contributed by atoms with Crippen molar-refractivity contribution in [1.29, 1.82) is 0 Å². The first-order chi connectivity index (χ1) is 14.7. The van der Waals surface area contributed by atoms with E-state index >= 15 is 0 Å². The Kier molecular flexibility index (Phi) is 17.8. The zero-order valence-corrected chi connectivity index (χ0v) is 21.1. The number of hydrogen-bond donors (Lipinski definition) is 0. The Balaban J connectivity index is 0. The Morgan fingerprint density at radius 3 is 1.84 bits per heavy atom. The van der Waals surface area contributed by atoms with Gasteiger partial charge in [0.1, 0.15) is 6.04 Å². The molecule has 0 radical (unpaired) electrons. The third-order valence-corrected chi connectivity index (χ3v) is 4.31. The lowest BCUT2D eigenvalue weighted by Crippen LogP contribution is -3.00. The van der Waals surface area contributed by atoms with Crippen molar-refractivity contribution in [2.24, 2.45) is 0 Å². The Labute approximate surface area is 202 Å². The lowest BCUT2D eigenvalue weighted by molar-refractivity contribution is -0.895. The van der Waals surface area contributed by atoms with E-state index in [1.807, 2.05) is 48.6 Å². The molecule has 0 aliphatic rings. The summed E-state index contributed by atoms with van der Waals surface area (Å²) in [7, 11) is 6.54. The maximum atomic E-state index is 10.7. The summed E-state index contributed by atoms with van der Waals surface area (Å²) >= 11 is 0. The molecule has 2 aromatic rings. The van der Waals surface area contributed by atoms with Crippen LogP contribution in [0, 0.1) is 0 Å². The second-order valence-electron chi connectivity index (χ2n) is 8.09. The normalized spacial score (nSPS) is 10.5. The Hall–Kier alpha value is -2.62. The number of carbonyl (C=O) groups excluding carboxylic acids is 1. The number of benzene rings is 2. The van der Waals surface area contributed by atoms with Crippen LogP contribution in [0.3, 0.4) is 0 Å². The van der Waals surface area contributed by atoms with Crippen LogP contribution in [-0.2, 0) is 9.53 Å². The molecule has 0 aromatic heterocycles. The minimum absolute atomic E-state index is 0. The van der Waals surface area contributed by atoms with Crippen molar-refractivity contribution in [2.45, 2.75) is 32.7 Å². The standard InChI is InChI=1S/C12H18N.C8H14O2.C8H8.ClH/c1-5-12(13(2,3)4)11-9-7-6-8-10-11;1-4-5-6-10-8(9)7(2)3;1-2-8-6-4-3-5-7-8;/h5-10,12H,1H2,2-4H3;2,4-6H2,1,3H3;2-7H,1H2;1H/q+1;;;/p-1. The number of rotatable bonds is 8. The van der Waals surface area contributed by atoms with Crippen LogP contribution in [0.5, 0.6) is 0 Å². The van der Waals surface area contributed by atoms with Crippen molar-refractivity contribution in [3.8, 4) is 0 Å². The number of halogens is 1. The smallest absolute Gasteiger partial charge is 0.333 e. The average Bonchev–Trinajstić information content (AvgIpc) is 2.75. The minimum Gasteiger partial charge on any atom is -1.00 e. The molecule has 0 spiro atoms. The molecular weight excluding hydrogens is 418 g/mol. The first-order valence-electron chi connectivity index (χ1n) is 10.7. The van der Waals surface area contributed by atoms with Gasteiger partial charge in [-0.2, -0.15) is 0 Å². The van der Waals surface area contributed by atoms with Crippen molar-refractivity contribution in [3.05, 3.63) is 103 Å². The summed E-state index contributed by atoms with van der Waals surface area (Å²) in [4.78, 5) is 10.7. The highest BCUT2D eigenvalue weighted by molar-refractivity contribution is 5.86. The SMILES string of the molecule is C=C(C)C(=O)OCCCC.C=CC(c1ccccc1)[N+](C)(C)C.C=Cc1ccccc1.[Cl-]. The molecule has 2 rings (SSSR count). The van der Waals surface area contributed by atoms with Crippen LogP contribution >= 0.6 is 0 Å². The molecule has 32 heavy (non-hydrogen) atoms. The first kappa shape index (κ1) is 31.6. The third-order valence-electron chi connectivity index (χ3n) is 4.31. The van der Waals surface area contributed by atoms with E-state index in [4.69, 9.17) is 4.74 Å². The zero-order valence-electron chi connectivity index (χ0n) is 20.4. The first-order valence-corrected chi connectivity index (χ1v) is 10.7. The summed E-state index contributed by atoms with van der Waals surface area (Å²) in [5.41, 5.74) is 2.97. The lowest BCUT2D eigenvalue weighted by Gasteiger charge is -2.32. The maximum Gasteiger partial charge on any atom is 0.333 e. The van der Waals surface area contributed by atoms with Gasteiger partial charge in [0.05, 0.1) is 27.7 Å². The maximum absolute atomic E-state index is 10.7. The molecule has 0 heterocycles. The summed E-state index contributed by atoms with van der Waals surface area (Å²) in [6.45, 7) is 15.2. The predicted molar refractivity (Wildman–Crippen MR) is 135 cm³/mol. The van der Waals surface area contributed by atoms with Crippen molar-refractivity contribution in [2.75, 3.05) is 27.7 Å². The molecule has 0 amide bonds. The summed E-state index contributed by atoms with van der Waals surface area (Å²) in [5.74, 6) is -0.284. The molecular formula is C28H40ClNO2. The summed E-state index contributed by atoms with van der Waals surface area (Å²) in [5, 5.41) is 0. The number of quaternary nitrogens is 1. The highest BCUT2D eigenvalue weighted by Gasteiger charge is 2.21. The zero-order chi connectivity index (χ0) is 23.7. The van der Waals surface area contributed by atoms with E-state index in [1.54, 1.807) is 6.92 Å². The molecule has 0 N–H and O–H groups in total. The molecule has 0 aliphatic carbocycles. The fourth-order valence-electron chi connectivity index (χ4n) is 2.57. The summed E-state index contributed by atoms with van der Waals surface area (Å²) in [6.07, 6.45) is 5.82. The topological polar surface area (TPSA) is 26.3 Å². The molecule has 4 heteroatoms. The quantitative estimate of drug-likeness (QED) is 0.198. The average molecular weight is 458 g/mol. The van der Waals surface area contributed by atoms with E-state index in [1.165, 1.54) is 11.1 Å².